The minimum Gasteiger partial charge on any atom is -0.320 e. The molecule has 1 saturated heterocycles. The lowest BCUT2D eigenvalue weighted by atomic mass is 10.2. The van der Waals surface area contributed by atoms with Gasteiger partial charge in [0.25, 0.3) is 5.91 Å². The van der Waals surface area contributed by atoms with E-state index in [2.05, 4.69) is 15.9 Å². The summed E-state index contributed by atoms with van der Waals surface area (Å²) in [5.41, 5.74) is 0.277. The first-order chi connectivity index (χ1) is 9.30. The summed E-state index contributed by atoms with van der Waals surface area (Å²) in [6, 6.07) is 3.92. The molecule has 1 unspecified atom stereocenters. The van der Waals surface area contributed by atoms with Gasteiger partial charge in [0.2, 0.25) is 0 Å². The van der Waals surface area contributed by atoms with Gasteiger partial charge in [0.05, 0.1) is 4.47 Å². The number of benzene rings is 1. The van der Waals surface area contributed by atoms with Crippen LogP contribution < -0.4 is 0 Å². The van der Waals surface area contributed by atoms with Crippen LogP contribution in [0.5, 0.6) is 0 Å². The third-order valence-corrected chi connectivity index (χ3v) is 6.26. The number of halogens is 2. The summed E-state index contributed by atoms with van der Waals surface area (Å²) in [5.74, 6) is 0.212. The molecule has 0 aromatic heterocycles. The number of rotatable bonds is 2. The SMILES string of the molecule is CS(=O)(=O)C1CSCCN1C(=O)c1ccc(F)c(Br)c1. The smallest absolute Gasteiger partial charge is 0.255 e. The van der Waals surface area contributed by atoms with Crippen molar-refractivity contribution < 1.29 is 17.6 Å². The van der Waals surface area contributed by atoms with Gasteiger partial charge in [0.1, 0.15) is 11.2 Å². The molecule has 1 aromatic carbocycles. The average molecular weight is 382 g/mol. The fourth-order valence-electron chi connectivity index (χ4n) is 1.96. The lowest BCUT2D eigenvalue weighted by Gasteiger charge is -2.34. The second-order valence-electron chi connectivity index (χ2n) is 4.49. The van der Waals surface area contributed by atoms with Crippen LogP contribution in [-0.4, -0.2) is 48.9 Å². The standard InChI is InChI=1S/C12H13BrFNO3S2/c1-20(17,18)11-7-19-5-4-15(11)12(16)8-2-3-10(14)9(13)6-8/h2-3,6,11H,4-5,7H2,1H3. The molecule has 4 nitrogen and oxygen atoms in total. The second kappa shape index (κ2) is 6.03. The van der Waals surface area contributed by atoms with Crippen LogP contribution in [-0.2, 0) is 9.84 Å². The summed E-state index contributed by atoms with van der Waals surface area (Å²) in [5, 5.41) is -0.822. The Kier molecular flexibility index (Phi) is 4.76. The van der Waals surface area contributed by atoms with Gasteiger partial charge in [-0.2, -0.15) is 11.8 Å². The quantitative estimate of drug-likeness (QED) is 0.787. The third kappa shape index (κ3) is 3.35. The van der Waals surface area contributed by atoms with E-state index >= 15 is 0 Å². The van der Waals surface area contributed by atoms with E-state index in [0.29, 0.717) is 18.1 Å². The fourth-order valence-corrected chi connectivity index (χ4v) is 5.16. The van der Waals surface area contributed by atoms with Gasteiger partial charge < -0.3 is 4.90 Å². The van der Waals surface area contributed by atoms with Crippen LogP contribution in [0, 0.1) is 5.82 Å². The zero-order chi connectivity index (χ0) is 14.9. The summed E-state index contributed by atoms with van der Waals surface area (Å²) in [7, 11) is -3.35. The maximum absolute atomic E-state index is 13.2. The number of hydrogen-bond donors (Lipinski definition) is 0. The lowest BCUT2D eigenvalue weighted by molar-refractivity contribution is 0.0749. The van der Waals surface area contributed by atoms with Gasteiger partial charge in [0.15, 0.2) is 9.84 Å². The molecule has 1 aliphatic heterocycles. The Labute approximate surface area is 129 Å². The first-order valence-corrected chi connectivity index (χ1v) is 9.73. The van der Waals surface area contributed by atoms with E-state index in [4.69, 9.17) is 0 Å². The van der Waals surface area contributed by atoms with Crippen molar-refractivity contribution in [2.45, 2.75) is 5.37 Å². The minimum absolute atomic E-state index is 0.186. The summed E-state index contributed by atoms with van der Waals surface area (Å²) < 4.78 is 36.9. The van der Waals surface area contributed by atoms with Gasteiger partial charge in [-0.05, 0) is 34.1 Å². The molecule has 0 spiro atoms. The topological polar surface area (TPSA) is 54.5 Å². The van der Waals surface area contributed by atoms with Crippen LogP contribution in [0.2, 0.25) is 0 Å². The zero-order valence-corrected chi connectivity index (χ0v) is 13.9. The fraction of sp³-hybridized carbons (Fsp3) is 0.417. The maximum atomic E-state index is 13.2. The molecular formula is C12H13BrFNO3S2. The number of hydrogen-bond acceptors (Lipinski definition) is 4. The monoisotopic (exact) mass is 381 g/mol. The Hall–Kier alpha value is -0.600. The van der Waals surface area contributed by atoms with Crippen LogP contribution in [0.4, 0.5) is 4.39 Å². The molecule has 1 fully saturated rings. The molecule has 1 atom stereocenters. The zero-order valence-electron chi connectivity index (χ0n) is 10.7. The highest BCUT2D eigenvalue weighted by Gasteiger charge is 2.34. The van der Waals surface area contributed by atoms with Crippen LogP contribution >= 0.6 is 27.7 Å². The van der Waals surface area contributed by atoms with Crippen LogP contribution in [0.25, 0.3) is 0 Å². The predicted octanol–water partition coefficient (Wildman–Crippen LogP) is 2.15. The van der Waals surface area contributed by atoms with Gasteiger partial charge in [-0.15, -0.1) is 0 Å². The van der Waals surface area contributed by atoms with Crippen molar-refractivity contribution in [1.29, 1.82) is 0 Å². The highest BCUT2D eigenvalue weighted by molar-refractivity contribution is 9.10. The average Bonchev–Trinajstić information content (AvgIpc) is 2.40. The second-order valence-corrected chi connectivity index (χ2v) is 8.69. The number of carbonyl (C=O) groups excluding carboxylic acids is 1. The molecule has 1 amide bonds. The predicted molar refractivity (Wildman–Crippen MR) is 81.1 cm³/mol. The molecule has 0 aliphatic carbocycles. The minimum atomic E-state index is -3.35. The van der Waals surface area contributed by atoms with E-state index in [1.54, 1.807) is 0 Å². The summed E-state index contributed by atoms with van der Waals surface area (Å²) in [6.07, 6.45) is 1.13. The number of amides is 1. The van der Waals surface area contributed by atoms with Crippen LogP contribution in [0.15, 0.2) is 22.7 Å². The van der Waals surface area contributed by atoms with Crippen molar-refractivity contribution in [3.8, 4) is 0 Å². The van der Waals surface area contributed by atoms with Crippen molar-refractivity contribution in [2.24, 2.45) is 0 Å². The molecule has 2 rings (SSSR count). The third-order valence-electron chi connectivity index (χ3n) is 3.01. The molecule has 0 N–H and O–H groups in total. The Morgan fingerprint density at radius 3 is 2.80 bits per heavy atom. The Morgan fingerprint density at radius 1 is 1.50 bits per heavy atom. The molecule has 0 bridgehead atoms. The van der Waals surface area contributed by atoms with Crippen molar-refractivity contribution in [1.82, 2.24) is 4.90 Å². The molecule has 110 valence electrons. The van der Waals surface area contributed by atoms with Crippen molar-refractivity contribution in [3.05, 3.63) is 34.1 Å². The Balaban J connectivity index is 2.32. The highest BCUT2D eigenvalue weighted by Crippen LogP contribution is 2.24. The number of thioether (sulfide) groups is 1. The molecule has 1 aromatic rings. The summed E-state index contributed by atoms with van der Waals surface area (Å²) >= 11 is 4.53. The normalized spacial score (nSPS) is 19.9. The van der Waals surface area contributed by atoms with E-state index in [9.17, 15) is 17.6 Å². The van der Waals surface area contributed by atoms with E-state index in [-0.39, 0.29) is 15.9 Å². The molecule has 1 heterocycles. The first kappa shape index (κ1) is 15.8. The molecule has 0 radical (unpaired) electrons. The first-order valence-electron chi connectivity index (χ1n) is 5.83. The highest BCUT2D eigenvalue weighted by atomic mass is 79.9. The Morgan fingerprint density at radius 2 is 2.20 bits per heavy atom. The van der Waals surface area contributed by atoms with Gasteiger partial charge in [-0.1, -0.05) is 0 Å². The van der Waals surface area contributed by atoms with Gasteiger partial charge in [-0.25, -0.2) is 12.8 Å². The molecule has 20 heavy (non-hydrogen) atoms. The number of nitrogens with zero attached hydrogens (tertiary/aromatic N) is 1. The van der Waals surface area contributed by atoms with Crippen molar-refractivity contribution in [2.75, 3.05) is 24.3 Å². The van der Waals surface area contributed by atoms with E-state index in [1.807, 2.05) is 0 Å². The van der Waals surface area contributed by atoms with Crippen LogP contribution in [0.3, 0.4) is 0 Å². The van der Waals surface area contributed by atoms with E-state index in [1.165, 1.54) is 34.9 Å². The largest absolute Gasteiger partial charge is 0.320 e. The maximum Gasteiger partial charge on any atom is 0.255 e. The van der Waals surface area contributed by atoms with E-state index in [0.717, 1.165) is 6.26 Å². The number of carbonyl (C=O) groups is 1. The molecular weight excluding hydrogens is 369 g/mol. The Bertz CT molecular complexity index is 636. The number of sulfone groups is 1. The van der Waals surface area contributed by atoms with Crippen molar-refractivity contribution in [3.63, 3.8) is 0 Å². The summed E-state index contributed by atoms with van der Waals surface area (Å²) in [6.45, 7) is 0.371. The van der Waals surface area contributed by atoms with Gasteiger partial charge in [-0.3, -0.25) is 4.79 Å². The molecule has 8 heteroatoms. The van der Waals surface area contributed by atoms with Gasteiger partial charge in [0, 0.05) is 29.9 Å². The lowest BCUT2D eigenvalue weighted by Crippen LogP contribution is -2.49. The van der Waals surface area contributed by atoms with E-state index < -0.39 is 21.0 Å². The molecule has 1 aliphatic rings. The van der Waals surface area contributed by atoms with Gasteiger partial charge >= 0.3 is 0 Å². The van der Waals surface area contributed by atoms with Crippen LogP contribution in [0.1, 0.15) is 10.4 Å². The molecule has 0 saturated carbocycles. The van der Waals surface area contributed by atoms with Crippen molar-refractivity contribution >= 4 is 43.4 Å². The summed E-state index contributed by atoms with van der Waals surface area (Å²) in [4.78, 5) is 13.8.